The summed E-state index contributed by atoms with van der Waals surface area (Å²) in [6.45, 7) is 7.35. The summed E-state index contributed by atoms with van der Waals surface area (Å²) in [6.07, 6.45) is 4.78. The smallest absolute Gasteiger partial charge is 0.161 e. The maximum Gasteiger partial charge on any atom is 0.161 e. The largest absolute Gasteiger partial charge is 0.493 e. The third kappa shape index (κ3) is 3.02. The zero-order valence-electron chi connectivity index (χ0n) is 12.5. The zero-order chi connectivity index (χ0) is 14.5. The van der Waals surface area contributed by atoms with Crippen molar-refractivity contribution in [1.82, 2.24) is 20.1 Å². The summed E-state index contributed by atoms with van der Waals surface area (Å²) in [5, 5.41) is 8.04. The molecule has 0 fully saturated rings. The van der Waals surface area contributed by atoms with Crippen LogP contribution in [0, 0.1) is 0 Å². The average Bonchev–Trinajstić information content (AvgIpc) is 3.08. The minimum atomic E-state index is 0.0716. The van der Waals surface area contributed by atoms with Gasteiger partial charge in [0.2, 0.25) is 0 Å². The molecule has 1 N–H and O–H groups in total. The Morgan fingerprint density at radius 3 is 2.75 bits per heavy atom. The van der Waals surface area contributed by atoms with Gasteiger partial charge in [0.05, 0.1) is 24.9 Å². The molecule has 1 unspecified atom stereocenters. The minimum Gasteiger partial charge on any atom is -0.493 e. The molecule has 1 atom stereocenters. The number of nitrogens with one attached hydrogen (secondary N) is 1. The molecule has 6 heteroatoms. The number of methoxy groups -OCH3 is 1. The normalized spacial score (nSPS) is 12.8. The molecular formula is C14H22N4OS. The van der Waals surface area contributed by atoms with Gasteiger partial charge in [0, 0.05) is 17.1 Å². The van der Waals surface area contributed by atoms with Crippen molar-refractivity contribution in [3.8, 4) is 5.75 Å². The molecule has 0 saturated carbocycles. The predicted octanol–water partition coefficient (Wildman–Crippen LogP) is 3.02. The maximum atomic E-state index is 5.50. The molecule has 0 bridgehead atoms. The molecule has 0 amide bonds. The lowest BCUT2D eigenvalue weighted by Gasteiger charge is -2.21. The molecule has 0 saturated heterocycles. The van der Waals surface area contributed by atoms with Gasteiger partial charge in [-0.15, -0.1) is 11.3 Å². The van der Waals surface area contributed by atoms with Crippen LogP contribution < -0.4 is 10.1 Å². The predicted molar refractivity (Wildman–Crippen MR) is 81.4 cm³/mol. The van der Waals surface area contributed by atoms with E-state index >= 15 is 0 Å². The molecule has 0 aromatic carbocycles. The number of hydrogen-bond donors (Lipinski definition) is 1. The van der Waals surface area contributed by atoms with E-state index in [0.29, 0.717) is 0 Å². The van der Waals surface area contributed by atoms with Crippen LogP contribution in [0.15, 0.2) is 17.9 Å². The summed E-state index contributed by atoms with van der Waals surface area (Å²) in [5.41, 5.74) is 2.93. The van der Waals surface area contributed by atoms with Crippen molar-refractivity contribution < 1.29 is 4.74 Å². The van der Waals surface area contributed by atoms with Crippen LogP contribution in [0.25, 0.3) is 0 Å². The Hall–Kier alpha value is -1.40. The molecule has 0 aliphatic rings. The van der Waals surface area contributed by atoms with E-state index in [1.807, 2.05) is 16.4 Å². The SMILES string of the molecule is CCCNC(c1cncs1)c1c(OC)cnn1C(C)C. The first kappa shape index (κ1) is 15.0. The van der Waals surface area contributed by atoms with Gasteiger partial charge in [0.15, 0.2) is 5.75 Å². The summed E-state index contributed by atoms with van der Waals surface area (Å²) in [6, 6.07) is 0.357. The molecule has 5 nitrogen and oxygen atoms in total. The van der Waals surface area contributed by atoms with Gasteiger partial charge in [0.25, 0.3) is 0 Å². The van der Waals surface area contributed by atoms with Crippen LogP contribution in [0.2, 0.25) is 0 Å². The highest BCUT2D eigenvalue weighted by Crippen LogP contribution is 2.33. The third-order valence-corrected chi connectivity index (χ3v) is 3.96. The lowest BCUT2D eigenvalue weighted by Crippen LogP contribution is -2.26. The fraction of sp³-hybridized carbons (Fsp3) is 0.571. The van der Waals surface area contributed by atoms with E-state index in [2.05, 4.69) is 36.2 Å². The quantitative estimate of drug-likeness (QED) is 0.853. The molecule has 0 spiro atoms. The molecule has 2 aromatic rings. The second kappa shape index (κ2) is 6.85. The molecule has 20 heavy (non-hydrogen) atoms. The van der Waals surface area contributed by atoms with Crippen LogP contribution in [-0.2, 0) is 0 Å². The van der Waals surface area contributed by atoms with E-state index in [1.54, 1.807) is 24.6 Å². The van der Waals surface area contributed by atoms with E-state index in [9.17, 15) is 0 Å². The monoisotopic (exact) mass is 294 g/mol. The molecule has 0 radical (unpaired) electrons. The van der Waals surface area contributed by atoms with Crippen molar-refractivity contribution in [2.24, 2.45) is 0 Å². The zero-order valence-corrected chi connectivity index (χ0v) is 13.3. The Kier molecular flexibility index (Phi) is 5.14. The molecule has 2 aromatic heterocycles. The van der Waals surface area contributed by atoms with E-state index in [1.165, 1.54) is 4.88 Å². The van der Waals surface area contributed by atoms with Gasteiger partial charge < -0.3 is 10.1 Å². The van der Waals surface area contributed by atoms with Gasteiger partial charge in [-0.05, 0) is 26.8 Å². The standard InChI is InChI=1S/C14H22N4OS/c1-5-6-16-13(12-8-15-9-20-12)14-11(19-4)7-17-18(14)10(2)3/h7-10,13,16H,5-6H2,1-4H3. The fourth-order valence-electron chi connectivity index (χ4n) is 2.19. The first-order valence-electron chi connectivity index (χ1n) is 6.92. The van der Waals surface area contributed by atoms with Crippen LogP contribution in [-0.4, -0.2) is 28.4 Å². The van der Waals surface area contributed by atoms with Crippen LogP contribution in [0.5, 0.6) is 5.75 Å². The molecule has 2 rings (SSSR count). The van der Waals surface area contributed by atoms with Crippen LogP contribution in [0.1, 0.15) is 49.8 Å². The van der Waals surface area contributed by atoms with Gasteiger partial charge in [-0.2, -0.15) is 5.10 Å². The molecule has 2 heterocycles. The number of nitrogens with zero attached hydrogens (tertiary/aromatic N) is 3. The summed E-state index contributed by atoms with van der Waals surface area (Å²) in [4.78, 5) is 5.38. The molecule has 110 valence electrons. The number of aromatic nitrogens is 3. The van der Waals surface area contributed by atoms with Crippen molar-refractivity contribution in [3.63, 3.8) is 0 Å². The second-order valence-electron chi connectivity index (χ2n) is 4.93. The highest BCUT2D eigenvalue weighted by Gasteiger charge is 2.25. The average molecular weight is 294 g/mol. The summed E-state index contributed by atoms with van der Waals surface area (Å²) in [5.74, 6) is 0.820. The number of hydrogen-bond acceptors (Lipinski definition) is 5. The molecule has 0 aliphatic carbocycles. The van der Waals surface area contributed by atoms with Crippen molar-refractivity contribution in [2.45, 2.75) is 39.3 Å². The summed E-state index contributed by atoms with van der Waals surface area (Å²) >= 11 is 1.65. The van der Waals surface area contributed by atoms with Gasteiger partial charge in [-0.1, -0.05) is 6.92 Å². The Morgan fingerprint density at radius 1 is 1.40 bits per heavy atom. The van der Waals surface area contributed by atoms with Gasteiger partial charge in [0.1, 0.15) is 5.69 Å². The Morgan fingerprint density at radius 2 is 2.20 bits per heavy atom. The number of ether oxygens (including phenoxy) is 1. The lowest BCUT2D eigenvalue weighted by molar-refractivity contribution is 0.394. The highest BCUT2D eigenvalue weighted by atomic mass is 32.1. The minimum absolute atomic E-state index is 0.0716. The van der Waals surface area contributed by atoms with Crippen LogP contribution >= 0.6 is 11.3 Å². The Balaban J connectivity index is 2.44. The van der Waals surface area contributed by atoms with Crippen molar-refractivity contribution in [3.05, 3.63) is 28.5 Å². The van der Waals surface area contributed by atoms with Gasteiger partial charge in [-0.25, -0.2) is 0 Å². The topological polar surface area (TPSA) is 52.0 Å². The van der Waals surface area contributed by atoms with Crippen molar-refractivity contribution in [1.29, 1.82) is 0 Å². The van der Waals surface area contributed by atoms with E-state index in [4.69, 9.17) is 4.74 Å². The van der Waals surface area contributed by atoms with Gasteiger partial charge >= 0.3 is 0 Å². The number of thiazole rings is 1. The Labute approximate surface area is 124 Å². The van der Waals surface area contributed by atoms with Crippen LogP contribution in [0.3, 0.4) is 0 Å². The van der Waals surface area contributed by atoms with Crippen molar-refractivity contribution in [2.75, 3.05) is 13.7 Å². The summed E-state index contributed by atoms with van der Waals surface area (Å²) in [7, 11) is 1.69. The van der Waals surface area contributed by atoms with Crippen molar-refractivity contribution >= 4 is 11.3 Å². The first-order chi connectivity index (χ1) is 9.69. The fourth-order valence-corrected chi connectivity index (χ4v) is 2.88. The number of rotatable bonds is 7. The maximum absolute atomic E-state index is 5.50. The molecule has 0 aliphatic heterocycles. The van der Waals surface area contributed by atoms with Gasteiger partial charge in [-0.3, -0.25) is 9.67 Å². The molecular weight excluding hydrogens is 272 g/mol. The third-order valence-electron chi connectivity index (χ3n) is 3.12. The summed E-state index contributed by atoms with van der Waals surface area (Å²) < 4.78 is 7.52. The highest BCUT2D eigenvalue weighted by molar-refractivity contribution is 7.09. The lowest BCUT2D eigenvalue weighted by atomic mass is 10.1. The first-order valence-corrected chi connectivity index (χ1v) is 7.80. The van der Waals surface area contributed by atoms with E-state index in [-0.39, 0.29) is 12.1 Å². The van der Waals surface area contributed by atoms with E-state index in [0.717, 1.165) is 24.4 Å². The Bertz CT molecular complexity index is 521. The second-order valence-corrected chi connectivity index (χ2v) is 5.85. The van der Waals surface area contributed by atoms with E-state index < -0.39 is 0 Å². The van der Waals surface area contributed by atoms with Crippen LogP contribution in [0.4, 0.5) is 0 Å².